The van der Waals surface area contributed by atoms with Crippen LogP contribution in [0.1, 0.15) is 13.3 Å². The van der Waals surface area contributed by atoms with Gasteiger partial charge in [0.25, 0.3) is 0 Å². The van der Waals surface area contributed by atoms with E-state index in [2.05, 4.69) is 52.4 Å². The number of rotatable bonds is 3. The van der Waals surface area contributed by atoms with E-state index in [0.717, 1.165) is 22.3 Å². The molecule has 0 aromatic heterocycles. The molecule has 0 spiro atoms. The minimum Gasteiger partial charge on any atom is -0.377 e. The molecule has 1 saturated heterocycles. The molecule has 1 aromatic rings. The van der Waals surface area contributed by atoms with Gasteiger partial charge >= 0.3 is 0 Å². The lowest BCUT2D eigenvalue weighted by Gasteiger charge is -2.29. The Labute approximate surface area is 109 Å². The molecule has 0 saturated carbocycles. The van der Waals surface area contributed by atoms with Gasteiger partial charge in [0.2, 0.25) is 0 Å². The molecule has 3 N–H and O–H groups in total. The Bertz CT molecular complexity index is 355. The molecule has 1 fully saturated rings. The predicted octanol–water partition coefficient (Wildman–Crippen LogP) is 3.08. The van der Waals surface area contributed by atoms with Crippen LogP contribution in [0, 0.1) is 0 Å². The van der Waals surface area contributed by atoms with Crippen LogP contribution < -0.4 is 11.1 Å². The second kappa shape index (κ2) is 4.98. The molecule has 88 valence electrons. The van der Waals surface area contributed by atoms with E-state index < -0.39 is 0 Å². The largest absolute Gasteiger partial charge is 0.377 e. The molecule has 16 heavy (non-hydrogen) atoms. The summed E-state index contributed by atoms with van der Waals surface area (Å²) in [7, 11) is 0. The Balaban J connectivity index is 2.10. The van der Waals surface area contributed by atoms with Gasteiger partial charge in [-0.2, -0.15) is 11.8 Å². The monoisotopic (exact) mass is 300 g/mol. The average Bonchev–Trinajstić information content (AvgIpc) is 2.64. The van der Waals surface area contributed by atoms with Crippen molar-refractivity contribution in [2.45, 2.75) is 24.1 Å². The molecular formula is C12H17BrN2S. The van der Waals surface area contributed by atoms with Gasteiger partial charge in [-0.05, 0) is 30.7 Å². The molecule has 0 bridgehead atoms. The second-order valence-electron chi connectivity index (χ2n) is 4.44. The fraction of sp³-hybridized carbons (Fsp3) is 0.500. The summed E-state index contributed by atoms with van der Waals surface area (Å²) in [5.41, 5.74) is 7.16. The zero-order chi connectivity index (χ0) is 11.6. The summed E-state index contributed by atoms with van der Waals surface area (Å²) in [5, 5.41) is 4.30. The molecule has 0 aliphatic carbocycles. The van der Waals surface area contributed by atoms with E-state index in [0.29, 0.717) is 11.8 Å². The van der Waals surface area contributed by atoms with E-state index in [9.17, 15) is 0 Å². The summed E-state index contributed by atoms with van der Waals surface area (Å²) in [4.78, 5) is 0. The summed E-state index contributed by atoms with van der Waals surface area (Å²) in [6.07, 6.45) is 1.14. The Morgan fingerprint density at radius 2 is 2.19 bits per heavy atom. The third kappa shape index (κ3) is 2.73. The lowest BCUT2D eigenvalue weighted by atomic mass is 9.96. The minimum atomic E-state index is 0.0813. The number of nitrogens with one attached hydrogen (secondary N) is 1. The first kappa shape index (κ1) is 12.3. The number of hydrogen-bond donors (Lipinski definition) is 2. The summed E-state index contributed by atoms with van der Waals surface area (Å²) in [6, 6.07) is 8.29. The highest BCUT2D eigenvalue weighted by molar-refractivity contribution is 9.10. The normalized spacial score (nSPS) is 29.3. The fourth-order valence-corrected chi connectivity index (χ4v) is 3.70. The van der Waals surface area contributed by atoms with Gasteiger partial charge in [0.05, 0.1) is 5.54 Å². The number of benzene rings is 1. The van der Waals surface area contributed by atoms with Crippen LogP contribution in [0.4, 0.5) is 5.69 Å². The van der Waals surface area contributed by atoms with Crippen molar-refractivity contribution in [3.05, 3.63) is 28.7 Å². The van der Waals surface area contributed by atoms with E-state index in [1.165, 1.54) is 0 Å². The molecular weight excluding hydrogens is 284 g/mol. The number of thioether (sulfide) groups is 1. The van der Waals surface area contributed by atoms with Crippen LogP contribution in [0.3, 0.4) is 0 Å². The standard InChI is InChI=1S/C12H17BrN2S/c1-9-6-12(7-14,8-16-9)15-11-4-2-10(13)3-5-11/h2-5,9,15H,6-8,14H2,1H3. The van der Waals surface area contributed by atoms with Gasteiger partial charge in [-0.1, -0.05) is 22.9 Å². The van der Waals surface area contributed by atoms with Crippen LogP contribution in [0.15, 0.2) is 28.7 Å². The predicted molar refractivity (Wildman–Crippen MR) is 76.1 cm³/mol. The Morgan fingerprint density at radius 1 is 1.50 bits per heavy atom. The van der Waals surface area contributed by atoms with Gasteiger partial charge in [-0.3, -0.25) is 0 Å². The molecule has 2 atom stereocenters. The molecule has 2 rings (SSSR count). The van der Waals surface area contributed by atoms with Crippen molar-refractivity contribution in [2.24, 2.45) is 5.73 Å². The third-order valence-corrected chi connectivity index (χ3v) is 4.95. The Morgan fingerprint density at radius 3 is 2.69 bits per heavy atom. The van der Waals surface area contributed by atoms with Gasteiger partial charge in [0, 0.05) is 27.7 Å². The number of halogens is 1. The summed E-state index contributed by atoms with van der Waals surface area (Å²) >= 11 is 5.44. The maximum absolute atomic E-state index is 5.92. The molecule has 1 heterocycles. The van der Waals surface area contributed by atoms with Crippen molar-refractivity contribution in [3.8, 4) is 0 Å². The Kier molecular flexibility index (Phi) is 3.82. The first-order valence-electron chi connectivity index (χ1n) is 5.49. The number of hydrogen-bond acceptors (Lipinski definition) is 3. The van der Waals surface area contributed by atoms with Gasteiger partial charge in [-0.15, -0.1) is 0 Å². The zero-order valence-electron chi connectivity index (χ0n) is 9.37. The SMILES string of the molecule is CC1CC(CN)(Nc2ccc(Br)cc2)CS1. The molecule has 1 aliphatic heterocycles. The van der Waals surface area contributed by atoms with Crippen molar-refractivity contribution >= 4 is 33.4 Å². The highest BCUT2D eigenvalue weighted by atomic mass is 79.9. The minimum absolute atomic E-state index is 0.0813. The Hall–Kier alpha value is -0.190. The average molecular weight is 301 g/mol. The van der Waals surface area contributed by atoms with E-state index in [4.69, 9.17) is 5.73 Å². The van der Waals surface area contributed by atoms with Crippen molar-refractivity contribution in [1.29, 1.82) is 0 Å². The molecule has 0 amide bonds. The van der Waals surface area contributed by atoms with Gasteiger partial charge in [-0.25, -0.2) is 0 Å². The molecule has 4 heteroatoms. The first-order chi connectivity index (χ1) is 7.63. The fourth-order valence-electron chi connectivity index (χ4n) is 2.09. The van der Waals surface area contributed by atoms with Crippen LogP contribution in [0.5, 0.6) is 0 Å². The summed E-state index contributed by atoms with van der Waals surface area (Å²) < 4.78 is 1.11. The smallest absolute Gasteiger partial charge is 0.0596 e. The highest BCUT2D eigenvalue weighted by Crippen LogP contribution is 2.36. The van der Waals surface area contributed by atoms with Crippen molar-refractivity contribution < 1.29 is 0 Å². The quantitative estimate of drug-likeness (QED) is 0.901. The molecule has 0 radical (unpaired) electrons. The molecule has 1 aliphatic rings. The van der Waals surface area contributed by atoms with E-state index in [1.54, 1.807) is 0 Å². The van der Waals surface area contributed by atoms with Gasteiger partial charge in [0.15, 0.2) is 0 Å². The van der Waals surface area contributed by atoms with Crippen LogP contribution in [-0.4, -0.2) is 23.1 Å². The lowest BCUT2D eigenvalue weighted by Crippen LogP contribution is -2.45. The number of nitrogens with two attached hydrogens (primary N) is 1. The van der Waals surface area contributed by atoms with Crippen LogP contribution in [0.25, 0.3) is 0 Å². The summed E-state index contributed by atoms with van der Waals surface area (Å²) in [6.45, 7) is 2.96. The topological polar surface area (TPSA) is 38.0 Å². The molecule has 1 aromatic carbocycles. The second-order valence-corrected chi connectivity index (χ2v) is 6.78. The summed E-state index contributed by atoms with van der Waals surface area (Å²) in [5.74, 6) is 1.10. The van der Waals surface area contributed by atoms with Crippen molar-refractivity contribution in [3.63, 3.8) is 0 Å². The molecule has 2 unspecified atom stereocenters. The first-order valence-corrected chi connectivity index (χ1v) is 7.33. The van der Waals surface area contributed by atoms with Gasteiger partial charge in [0.1, 0.15) is 0 Å². The third-order valence-electron chi connectivity index (χ3n) is 2.97. The highest BCUT2D eigenvalue weighted by Gasteiger charge is 2.36. The zero-order valence-corrected chi connectivity index (χ0v) is 11.8. The van der Waals surface area contributed by atoms with E-state index in [1.807, 2.05) is 11.8 Å². The van der Waals surface area contributed by atoms with E-state index in [-0.39, 0.29) is 5.54 Å². The van der Waals surface area contributed by atoms with Crippen molar-refractivity contribution in [1.82, 2.24) is 0 Å². The number of anilines is 1. The van der Waals surface area contributed by atoms with Gasteiger partial charge < -0.3 is 11.1 Å². The van der Waals surface area contributed by atoms with Crippen LogP contribution in [-0.2, 0) is 0 Å². The lowest BCUT2D eigenvalue weighted by molar-refractivity contribution is 0.513. The van der Waals surface area contributed by atoms with E-state index >= 15 is 0 Å². The maximum atomic E-state index is 5.92. The van der Waals surface area contributed by atoms with Crippen LogP contribution >= 0.6 is 27.7 Å². The van der Waals surface area contributed by atoms with Crippen LogP contribution in [0.2, 0.25) is 0 Å². The molecule has 2 nitrogen and oxygen atoms in total. The van der Waals surface area contributed by atoms with Crippen molar-refractivity contribution in [2.75, 3.05) is 17.6 Å². The maximum Gasteiger partial charge on any atom is 0.0596 e.